The lowest BCUT2D eigenvalue weighted by Crippen LogP contribution is -2.08. The van der Waals surface area contributed by atoms with Crippen LogP contribution in [0.5, 0.6) is 11.5 Å². The Bertz CT molecular complexity index is 1430. The Morgan fingerprint density at radius 2 is 1.72 bits per heavy atom. The van der Waals surface area contributed by atoms with Crippen LogP contribution < -0.4 is 9.47 Å². The molecule has 0 N–H and O–H groups in total. The van der Waals surface area contributed by atoms with Crippen LogP contribution in [-0.4, -0.2) is 11.8 Å². The van der Waals surface area contributed by atoms with Crippen molar-refractivity contribution in [2.45, 2.75) is 6.92 Å². The molecule has 5 nitrogen and oxygen atoms in total. The molecular weight excluding hydrogens is 540 g/mol. The van der Waals surface area contributed by atoms with E-state index in [-0.39, 0.29) is 17.3 Å². The Balaban J connectivity index is 1.41. The highest BCUT2D eigenvalue weighted by Gasteiger charge is 2.31. The first-order valence-corrected chi connectivity index (χ1v) is 11.2. The predicted octanol–water partition coefficient (Wildman–Crippen LogP) is 7.10. The number of rotatable bonds is 3. The van der Waals surface area contributed by atoms with Crippen molar-refractivity contribution in [1.29, 1.82) is 0 Å². The minimum absolute atomic E-state index is 0.0887. The van der Waals surface area contributed by atoms with Crippen molar-refractivity contribution < 1.29 is 23.5 Å². The third kappa shape index (κ3) is 3.78. The highest BCUT2D eigenvalue weighted by atomic mass is 79.9. The van der Waals surface area contributed by atoms with Crippen molar-refractivity contribution >= 4 is 60.7 Å². The largest absolute Gasteiger partial charge is 0.452 e. The lowest BCUT2D eigenvalue weighted by atomic mass is 10.1. The molecule has 0 saturated carbocycles. The number of halogens is 2. The molecule has 0 bridgehead atoms. The van der Waals surface area contributed by atoms with Crippen LogP contribution in [0.25, 0.3) is 17.0 Å². The Kier molecular flexibility index (Phi) is 5.23. The van der Waals surface area contributed by atoms with Crippen LogP contribution in [0.4, 0.5) is 0 Å². The van der Waals surface area contributed by atoms with E-state index in [1.807, 2.05) is 36.4 Å². The first-order chi connectivity index (χ1) is 15.4. The maximum atomic E-state index is 12.8. The molecule has 32 heavy (non-hydrogen) atoms. The van der Waals surface area contributed by atoms with Gasteiger partial charge in [-0.15, -0.1) is 0 Å². The Morgan fingerprint density at radius 3 is 2.50 bits per heavy atom. The quantitative estimate of drug-likeness (QED) is 0.154. The van der Waals surface area contributed by atoms with Crippen molar-refractivity contribution in [1.82, 2.24) is 0 Å². The van der Waals surface area contributed by atoms with Gasteiger partial charge in [0.15, 0.2) is 5.76 Å². The summed E-state index contributed by atoms with van der Waals surface area (Å²) < 4.78 is 18.8. The molecule has 158 valence electrons. The van der Waals surface area contributed by atoms with E-state index >= 15 is 0 Å². The molecule has 4 aromatic rings. The molecule has 0 fully saturated rings. The molecule has 7 heteroatoms. The van der Waals surface area contributed by atoms with Crippen LogP contribution in [0.2, 0.25) is 0 Å². The van der Waals surface area contributed by atoms with Crippen molar-refractivity contribution in [3.05, 3.63) is 97.8 Å². The Hall–Kier alpha value is -3.16. The molecule has 2 heterocycles. The molecule has 0 radical (unpaired) electrons. The fraction of sp³-hybridized carbons (Fsp3) is 0.0400. The number of ketones is 1. The minimum Gasteiger partial charge on any atom is -0.452 e. The van der Waals surface area contributed by atoms with E-state index in [0.29, 0.717) is 28.2 Å². The highest BCUT2D eigenvalue weighted by molar-refractivity contribution is 9.10. The van der Waals surface area contributed by atoms with Gasteiger partial charge in [-0.05, 0) is 67.1 Å². The average Bonchev–Trinajstić information content (AvgIpc) is 3.33. The zero-order valence-corrected chi connectivity index (χ0v) is 19.8. The van der Waals surface area contributed by atoms with Gasteiger partial charge in [-0.3, -0.25) is 4.79 Å². The van der Waals surface area contributed by atoms with E-state index in [2.05, 4.69) is 31.9 Å². The summed E-state index contributed by atoms with van der Waals surface area (Å²) in [6.45, 7) is 1.74. The Labute approximate surface area is 199 Å². The third-order valence-electron chi connectivity index (χ3n) is 5.09. The lowest BCUT2D eigenvalue weighted by molar-refractivity contribution is 0.0702. The molecule has 3 aromatic carbocycles. The van der Waals surface area contributed by atoms with Crippen LogP contribution in [0.1, 0.15) is 32.0 Å². The van der Waals surface area contributed by atoms with Crippen LogP contribution in [0.3, 0.4) is 0 Å². The second kappa shape index (κ2) is 8.07. The topological polar surface area (TPSA) is 65.7 Å². The van der Waals surface area contributed by atoms with Gasteiger partial charge in [0.05, 0.1) is 5.56 Å². The van der Waals surface area contributed by atoms with Gasteiger partial charge < -0.3 is 13.9 Å². The molecule has 0 unspecified atom stereocenters. The van der Waals surface area contributed by atoms with Crippen molar-refractivity contribution in [3.8, 4) is 11.5 Å². The molecule has 0 saturated heterocycles. The second-order valence-electron chi connectivity index (χ2n) is 7.24. The summed E-state index contributed by atoms with van der Waals surface area (Å²) in [6, 6.07) is 17.8. The first kappa shape index (κ1) is 20.7. The van der Waals surface area contributed by atoms with Gasteiger partial charge in [0.1, 0.15) is 17.1 Å². The second-order valence-corrected chi connectivity index (χ2v) is 9.07. The summed E-state index contributed by atoms with van der Waals surface area (Å²) in [7, 11) is 0. The molecule has 0 atom stereocenters. The number of fused-ring (bicyclic) bond motifs is 2. The number of esters is 1. The van der Waals surface area contributed by atoms with E-state index < -0.39 is 5.97 Å². The zero-order valence-electron chi connectivity index (χ0n) is 16.6. The van der Waals surface area contributed by atoms with Crippen molar-refractivity contribution in [3.63, 3.8) is 0 Å². The van der Waals surface area contributed by atoms with Gasteiger partial charge in [-0.2, -0.15) is 0 Å². The van der Waals surface area contributed by atoms with E-state index in [1.165, 1.54) is 0 Å². The van der Waals surface area contributed by atoms with Gasteiger partial charge in [-0.25, -0.2) is 4.79 Å². The normalized spacial score (nSPS) is 14.0. The summed E-state index contributed by atoms with van der Waals surface area (Å²) in [4.78, 5) is 25.4. The van der Waals surface area contributed by atoms with Crippen molar-refractivity contribution in [2.75, 3.05) is 0 Å². The average molecular weight is 554 g/mol. The number of hydrogen-bond donors (Lipinski definition) is 0. The van der Waals surface area contributed by atoms with Crippen molar-refractivity contribution in [2.24, 2.45) is 0 Å². The predicted molar refractivity (Wildman–Crippen MR) is 127 cm³/mol. The summed E-state index contributed by atoms with van der Waals surface area (Å²) >= 11 is 6.79. The molecule has 0 amide bonds. The standard InChI is InChI=1S/C25H14Br2O5/c1-13-19(32-25(29)22-12-15-11-17(27)6-8-20(15)30-22)9-7-18-23(28)21(31-24(13)18)10-14-2-4-16(26)5-3-14/h2-12H,1H3/b21-10-. The number of carbonyl (C=O) groups is 2. The number of carbonyl (C=O) groups excluding carboxylic acids is 2. The summed E-state index contributed by atoms with van der Waals surface area (Å²) in [6.07, 6.45) is 1.69. The van der Waals surface area contributed by atoms with Gasteiger partial charge in [0.25, 0.3) is 0 Å². The monoisotopic (exact) mass is 552 g/mol. The molecular formula is C25H14Br2O5. The summed E-state index contributed by atoms with van der Waals surface area (Å²) in [5, 5.41) is 0.786. The van der Waals surface area contributed by atoms with E-state index in [9.17, 15) is 9.59 Å². The van der Waals surface area contributed by atoms with Gasteiger partial charge in [0.2, 0.25) is 11.5 Å². The number of hydrogen-bond acceptors (Lipinski definition) is 5. The van der Waals surface area contributed by atoms with E-state index in [4.69, 9.17) is 13.9 Å². The SMILES string of the molecule is Cc1c(OC(=O)c2cc3cc(Br)ccc3o2)ccc2c1O/C(=C\c1ccc(Br)cc1)C2=O. The van der Waals surface area contributed by atoms with E-state index in [1.54, 1.807) is 37.3 Å². The van der Waals surface area contributed by atoms with Crippen LogP contribution in [0.15, 0.2) is 79.8 Å². The molecule has 1 aromatic heterocycles. The molecule has 5 rings (SSSR count). The zero-order chi connectivity index (χ0) is 22.4. The number of ether oxygens (including phenoxy) is 2. The highest BCUT2D eigenvalue weighted by Crippen LogP contribution is 2.39. The fourth-order valence-electron chi connectivity index (χ4n) is 3.45. The molecule has 1 aliphatic rings. The van der Waals surface area contributed by atoms with Crippen LogP contribution in [-0.2, 0) is 0 Å². The van der Waals surface area contributed by atoms with E-state index in [0.717, 1.165) is 19.9 Å². The number of furan rings is 1. The number of allylic oxidation sites excluding steroid dienone is 1. The number of Topliss-reactive ketones (excluding diaryl/α,β-unsaturated/α-hetero) is 1. The smallest absolute Gasteiger partial charge is 0.379 e. The minimum atomic E-state index is -0.629. The molecule has 1 aliphatic heterocycles. The van der Waals surface area contributed by atoms with Gasteiger partial charge in [-0.1, -0.05) is 44.0 Å². The van der Waals surface area contributed by atoms with Gasteiger partial charge in [0, 0.05) is 19.9 Å². The fourth-order valence-corrected chi connectivity index (χ4v) is 4.10. The summed E-state index contributed by atoms with van der Waals surface area (Å²) in [5.74, 6) is 0.148. The number of benzene rings is 3. The summed E-state index contributed by atoms with van der Waals surface area (Å²) in [5.41, 5.74) is 2.41. The molecule has 0 spiro atoms. The van der Waals surface area contributed by atoms with Gasteiger partial charge >= 0.3 is 5.97 Å². The first-order valence-electron chi connectivity index (χ1n) is 9.64. The maximum absolute atomic E-state index is 12.8. The third-order valence-corrected chi connectivity index (χ3v) is 6.11. The maximum Gasteiger partial charge on any atom is 0.379 e. The van der Waals surface area contributed by atoms with Crippen LogP contribution >= 0.6 is 31.9 Å². The molecule has 0 aliphatic carbocycles. The lowest BCUT2D eigenvalue weighted by Gasteiger charge is -2.09. The van der Waals surface area contributed by atoms with Crippen LogP contribution in [0, 0.1) is 6.92 Å². The Morgan fingerprint density at radius 1 is 0.969 bits per heavy atom.